The Morgan fingerprint density at radius 1 is 1.25 bits per heavy atom. The number of nitrogens with zero attached hydrogens (tertiary/aromatic N) is 2. The van der Waals surface area contributed by atoms with Crippen LogP contribution in [0.1, 0.15) is 30.4 Å². The molecule has 0 bridgehead atoms. The lowest BCUT2D eigenvalue weighted by Crippen LogP contribution is -2.03. The lowest BCUT2D eigenvalue weighted by molar-refractivity contribution is 0.853. The summed E-state index contributed by atoms with van der Waals surface area (Å²) in [4.78, 5) is 8.77. The SMILES string of the molecule is CC1=Cc2ncc(C)nc2CC1. The van der Waals surface area contributed by atoms with Crippen LogP contribution in [0.5, 0.6) is 0 Å². The Labute approximate surface area is 72.4 Å². The van der Waals surface area contributed by atoms with Crippen molar-refractivity contribution >= 4 is 6.08 Å². The molecule has 0 fully saturated rings. The lowest BCUT2D eigenvalue weighted by Gasteiger charge is -2.11. The first kappa shape index (κ1) is 7.47. The Morgan fingerprint density at radius 3 is 2.92 bits per heavy atom. The second-order valence-electron chi connectivity index (χ2n) is 3.33. The van der Waals surface area contributed by atoms with Crippen LogP contribution in [0.15, 0.2) is 11.8 Å². The molecule has 1 heterocycles. The fourth-order valence-corrected chi connectivity index (χ4v) is 1.46. The van der Waals surface area contributed by atoms with Gasteiger partial charge >= 0.3 is 0 Å². The van der Waals surface area contributed by atoms with E-state index in [9.17, 15) is 0 Å². The molecular weight excluding hydrogens is 148 g/mol. The van der Waals surface area contributed by atoms with Gasteiger partial charge in [0.25, 0.3) is 0 Å². The van der Waals surface area contributed by atoms with Gasteiger partial charge in [0, 0.05) is 6.20 Å². The zero-order chi connectivity index (χ0) is 8.55. The molecule has 62 valence electrons. The Balaban J connectivity index is 2.51. The van der Waals surface area contributed by atoms with Gasteiger partial charge in [-0.25, -0.2) is 0 Å². The van der Waals surface area contributed by atoms with Crippen LogP contribution < -0.4 is 0 Å². The van der Waals surface area contributed by atoms with Crippen molar-refractivity contribution in [2.24, 2.45) is 0 Å². The third-order valence-electron chi connectivity index (χ3n) is 2.14. The summed E-state index contributed by atoms with van der Waals surface area (Å²) in [5.41, 5.74) is 4.63. The monoisotopic (exact) mass is 160 g/mol. The van der Waals surface area contributed by atoms with E-state index < -0.39 is 0 Å². The van der Waals surface area contributed by atoms with Gasteiger partial charge in [-0.1, -0.05) is 5.57 Å². The van der Waals surface area contributed by atoms with Crippen molar-refractivity contribution in [2.45, 2.75) is 26.7 Å². The first-order valence-corrected chi connectivity index (χ1v) is 4.25. The van der Waals surface area contributed by atoms with Crippen LogP contribution in [-0.4, -0.2) is 9.97 Å². The molecule has 12 heavy (non-hydrogen) atoms. The largest absolute Gasteiger partial charge is 0.254 e. The van der Waals surface area contributed by atoms with Crippen LogP contribution in [0.3, 0.4) is 0 Å². The van der Waals surface area contributed by atoms with E-state index in [1.54, 1.807) is 0 Å². The Kier molecular flexibility index (Phi) is 1.68. The number of rotatable bonds is 0. The van der Waals surface area contributed by atoms with E-state index in [2.05, 4.69) is 23.0 Å². The average Bonchev–Trinajstić information content (AvgIpc) is 2.05. The zero-order valence-corrected chi connectivity index (χ0v) is 7.46. The maximum absolute atomic E-state index is 4.44. The summed E-state index contributed by atoms with van der Waals surface area (Å²) in [5, 5.41) is 0. The average molecular weight is 160 g/mol. The standard InChI is InChI=1S/C10H12N2/c1-7-3-4-9-10(5-7)11-6-8(2)12-9/h5-6H,3-4H2,1-2H3. The van der Waals surface area contributed by atoms with Gasteiger partial charge in [-0.2, -0.15) is 0 Å². The molecule has 0 saturated heterocycles. The maximum atomic E-state index is 4.44. The highest BCUT2D eigenvalue weighted by Gasteiger charge is 2.09. The first-order valence-electron chi connectivity index (χ1n) is 4.25. The molecule has 0 radical (unpaired) electrons. The lowest BCUT2D eigenvalue weighted by atomic mass is 10.0. The van der Waals surface area contributed by atoms with Gasteiger partial charge < -0.3 is 0 Å². The number of aryl methyl sites for hydroxylation is 2. The van der Waals surface area contributed by atoms with Gasteiger partial charge in [0.1, 0.15) is 0 Å². The minimum atomic E-state index is 1.02. The number of aromatic nitrogens is 2. The van der Waals surface area contributed by atoms with Crippen molar-refractivity contribution in [2.75, 3.05) is 0 Å². The van der Waals surface area contributed by atoms with Crippen LogP contribution in [0.25, 0.3) is 6.08 Å². The van der Waals surface area contributed by atoms with Crippen molar-refractivity contribution in [1.29, 1.82) is 0 Å². The fraction of sp³-hybridized carbons (Fsp3) is 0.400. The summed E-state index contributed by atoms with van der Waals surface area (Å²) in [7, 11) is 0. The topological polar surface area (TPSA) is 25.8 Å². The van der Waals surface area contributed by atoms with Gasteiger partial charge in [-0.05, 0) is 32.8 Å². The highest BCUT2D eigenvalue weighted by atomic mass is 14.8. The van der Waals surface area contributed by atoms with E-state index in [0.29, 0.717) is 0 Å². The Hall–Kier alpha value is -1.18. The summed E-state index contributed by atoms with van der Waals surface area (Å²) in [5.74, 6) is 0. The predicted molar refractivity (Wildman–Crippen MR) is 48.7 cm³/mol. The van der Waals surface area contributed by atoms with Crippen molar-refractivity contribution in [3.63, 3.8) is 0 Å². The molecule has 2 nitrogen and oxygen atoms in total. The van der Waals surface area contributed by atoms with Gasteiger partial charge in [-0.15, -0.1) is 0 Å². The molecule has 0 atom stereocenters. The molecule has 1 aliphatic carbocycles. The van der Waals surface area contributed by atoms with Crippen LogP contribution >= 0.6 is 0 Å². The molecule has 1 aromatic heterocycles. The maximum Gasteiger partial charge on any atom is 0.0844 e. The van der Waals surface area contributed by atoms with Crippen LogP contribution in [0, 0.1) is 6.92 Å². The summed E-state index contributed by atoms with van der Waals surface area (Å²) < 4.78 is 0. The molecule has 0 aliphatic heterocycles. The Morgan fingerprint density at radius 2 is 2.08 bits per heavy atom. The number of allylic oxidation sites excluding steroid dienone is 1. The minimum Gasteiger partial charge on any atom is -0.254 e. The van der Waals surface area contributed by atoms with Gasteiger partial charge in [0.05, 0.1) is 17.1 Å². The smallest absolute Gasteiger partial charge is 0.0844 e. The van der Waals surface area contributed by atoms with Crippen LogP contribution in [0.2, 0.25) is 0 Å². The molecule has 0 aromatic carbocycles. The number of hydrogen-bond acceptors (Lipinski definition) is 2. The van der Waals surface area contributed by atoms with E-state index >= 15 is 0 Å². The third kappa shape index (κ3) is 1.24. The molecule has 0 spiro atoms. The summed E-state index contributed by atoms with van der Waals surface area (Å²) >= 11 is 0. The van der Waals surface area contributed by atoms with Crippen molar-refractivity contribution in [1.82, 2.24) is 9.97 Å². The molecule has 0 saturated carbocycles. The van der Waals surface area contributed by atoms with Crippen molar-refractivity contribution in [3.05, 3.63) is 28.9 Å². The van der Waals surface area contributed by atoms with Crippen LogP contribution in [0.4, 0.5) is 0 Å². The summed E-state index contributed by atoms with van der Waals surface area (Å²) in [6, 6.07) is 0. The number of hydrogen-bond donors (Lipinski definition) is 0. The van der Waals surface area contributed by atoms with Crippen LogP contribution in [-0.2, 0) is 6.42 Å². The molecule has 0 N–H and O–H groups in total. The van der Waals surface area contributed by atoms with E-state index in [1.807, 2.05) is 13.1 Å². The second-order valence-corrected chi connectivity index (χ2v) is 3.33. The number of fused-ring (bicyclic) bond motifs is 1. The zero-order valence-electron chi connectivity index (χ0n) is 7.46. The summed E-state index contributed by atoms with van der Waals surface area (Å²) in [6.45, 7) is 4.13. The highest BCUT2D eigenvalue weighted by molar-refractivity contribution is 5.53. The molecule has 0 amide bonds. The van der Waals surface area contributed by atoms with E-state index in [-0.39, 0.29) is 0 Å². The normalized spacial score (nSPS) is 15.3. The van der Waals surface area contributed by atoms with Gasteiger partial charge in [0.15, 0.2) is 0 Å². The second kappa shape index (κ2) is 2.70. The van der Waals surface area contributed by atoms with E-state index in [1.165, 1.54) is 5.57 Å². The van der Waals surface area contributed by atoms with Crippen molar-refractivity contribution in [3.8, 4) is 0 Å². The minimum absolute atomic E-state index is 1.02. The van der Waals surface area contributed by atoms with Crippen molar-refractivity contribution < 1.29 is 0 Å². The Bertz CT molecular complexity index is 340. The summed E-state index contributed by atoms with van der Waals surface area (Å²) in [6.07, 6.45) is 6.14. The molecular formula is C10H12N2. The molecule has 0 unspecified atom stereocenters. The molecule has 1 aliphatic rings. The first-order chi connectivity index (χ1) is 5.75. The fourth-order valence-electron chi connectivity index (χ4n) is 1.46. The van der Waals surface area contributed by atoms with Gasteiger partial charge in [-0.3, -0.25) is 9.97 Å². The quantitative estimate of drug-likeness (QED) is 0.581. The highest BCUT2D eigenvalue weighted by Crippen LogP contribution is 2.19. The van der Waals surface area contributed by atoms with E-state index in [4.69, 9.17) is 0 Å². The molecule has 2 heteroatoms. The molecule has 2 rings (SSSR count). The van der Waals surface area contributed by atoms with Gasteiger partial charge in [0.2, 0.25) is 0 Å². The molecule has 1 aromatic rings. The third-order valence-corrected chi connectivity index (χ3v) is 2.14. The van der Waals surface area contributed by atoms with E-state index in [0.717, 1.165) is 29.9 Å². The predicted octanol–water partition coefficient (Wildman–Crippen LogP) is 2.13.